The van der Waals surface area contributed by atoms with Crippen molar-refractivity contribution in [1.29, 1.82) is 0 Å². The van der Waals surface area contributed by atoms with Crippen molar-refractivity contribution in [3.05, 3.63) is 52.0 Å². The lowest BCUT2D eigenvalue weighted by atomic mass is 10.3. The highest BCUT2D eigenvalue weighted by Crippen LogP contribution is 2.14. The Morgan fingerprint density at radius 1 is 1.30 bits per heavy atom. The van der Waals surface area contributed by atoms with Crippen LogP contribution in [-0.2, 0) is 11.3 Å². The number of guanidine groups is 1. The van der Waals surface area contributed by atoms with Crippen LogP contribution in [0, 0.1) is 12.7 Å². The van der Waals surface area contributed by atoms with Crippen LogP contribution in [0.5, 0.6) is 0 Å². The van der Waals surface area contributed by atoms with Gasteiger partial charge in [0.15, 0.2) is 5.96 Å². The van der Waals surface area contributed by atoms with Crippen LogP contribution in [-0.4, -0.2) is 25.5 Å². The van der Waals surface area contributed by atoms with Crippen molar-refractivity contribution in [2.75, 3.05) is 18.9 Å². The van der Waals surface area contributed by atoms with E-state index in [1.165, 1.54) is 22.6 Å². The predicted molar refractivity (Wildman–Crippen MR) is 92.3 cm³/mol. The quantitative estimate of drug-likeness (QED) is 0.581. The Balaban J connectivity index is 1.78. The third-order valence-corrected chi connectivity index (χ3v) is 4.16. The van der Waals surface area contributed by atoms with E-state index in [1.807, 2.05) is 5.38 Å². The SMILES string of the molecule is CN=C(NCC(=O)Nc1cccc(F)c1)NCc1sccc1C. The van der Waals surface area contributed by atoms with Gasteiger partial charge in [-0.3, -0.25) is 9.79 Å². The van der Waals surface area contributed by atoms with Gasteiger partial charge in [0.2, 0.25) is 5.91 Å². The highest BCUT2D eigenvalue weighted by atomic mass is 32.1. The number of hydrogen-bond donors (Lipinski definition) is 3. The molecule has 0 saturated heterocycles. The van der Waals surface area contributed by atoms with Crippen molar-refractivity contribution in [2.45, 2.75) is 13.5 Å². The van der Waals surface area contributed by atoms with Crippen molar-refractivity contribution in [2.24, 2.45) is 4.99 Å². The Morgan fingerprint density at radius 3 is 2.78 bits per heavy atom. The van der Waals surface area contributed by atoms with Gasteiger partial charge in [0.1, 0.15) is 5.82 Å². The number of anilines is 1. The molecule has 2 aromatic rings. The molecule has 0 aliphatic rings. The number of carbonyl (C=O) groups excluding carboxylic acids is 1. The Hall–Kier alpha value is -2.41. The van der Waals surface area contributed by atoms with Gasteiger partial charge in [-0.1, -0.05) is 6.07 Å². The molecule has 0 atom stereocenters. The van der Waals surface area contributed by atoms with Crippen LogP contribution < -0.4 is 16.0 Å². The molecule has 1 heterocycles. The summed E-state index contributed by atoms with van der Waals surface area (Å²) in [6.07, 6.45) is 0. The van der Waals surface area contributed by atoms with Gasteiger partial charge in [-0.05, 0) is 42.1 Å². The molecule has 0 spiro atoms. The van der Waals surface area contributed by atoms with E-state index in [9.17, 15) is 9.18 Å². The Labute approximate surface area is 138 Å². The molecule has 23 heavy (non-hydrogen) atoms. The van der Waals surface area contributed by atoms with Gasteiger partial charge in [-0.25, -0.2) is 4.39 Å². The average Bonchev–Trinajstić information content (AvgIpc) is 2.93. The lowest BCUT2D eigenvalue weighted by Gasteiger charge is -2.12. The number of thiophene rings is 1. The third-order valence-electron chi connectivity index (χ3n) is 3.13. The predicted octanol–water partition coefficient (Wildman–Crippen LogP) is 2.50. The topological polar surface area (TPSA) is 65.5 Å². The maximum Gasteiger partial charge on any atom is 0.243 e. The first-order valence-electron chi connectivity index (χ1n) is 7.11. The smallest absolute Gasteiger partial charge is 0.243 e. The molecule has 0 bridgehead atoms. The monoisotopic (exact) mass is 334 g/mol. The van der Waals surface area contributed by atoms with Crippen LogP contribution in [0.25, 0.3) is 0 Å². The molecule has 7 heteroatoms. The van der Waals surface area contributed by atoms with Crippen molar-refractivity contribution in [1.82, 2.24) is 10.6 Å². The van der Waals surface area contributed by atoms with Crippen molar-refractivity contribution in [3.63, 3.8) is 0 Å². The summed E-state index contributed by atoms with van der Waals surface area (Å²) < 4.78 is 13.1. The molecule has 0 unspecified atom stereocenters. The number of hydrogen-bond acceptors (Lipinski definition) is 3. The summed E-state index contributed by atoms with van der Waals surface area (Å²) in [4.78, 5) is 17.1. The number of rotatable bonds is 5. The Morgan fingerprint density at radius 2 is 2.13 bits per heavy atom. The van der Waals surface area contributed by atoms with Gasteiger partial charge in [0, 0.05) is 17.6 Å². The molecular formula is C16H19FN4OS. The van der Waals surface area contributed by atoms with Crippen molar-refractivity contribution in [3.8, 4) is 0 Å². The molecule has 0 aliphatic carbocycles. The summed E-state index contributed by atoms with van der Waals surface area (Å²) in [6, 6.07) is 7.83. The van der Waals surface area contributed by atoms with Gasteiger partial charge in [-0.15, -0.1) is 11.3 Å². The van der Waals surface area contributed by atoms with Crippen LogP contribution in [0.15, 0.2) is 40.7 Å². The molecule has 1 aromatic carbocycles. The Bertz CT molecular complexity index is 699. The average molecular weight is 334 g/mol. The second-order valence-corrected chi connectivity index (χ2v) is 5.87. The zero-order valence-electron chi connectivity index (χ0n) is 13.0. The number of amides is 1. The van der Waals surface area contributed by atoms with Crippen LogP contribution in [0.1, 0.15) is 10.4 Å². The molecule has 0 fully saturated rings. The van der Waals surface area contributed by atoms with Crippen LogP contribution >= 0.6 is 11.3 Å². The molecule has 122 valence electrons. The fourth-order valence-electron chi connectivity index (χ4n) is 1.91. The van der Waals surface area contributed by atoms with Crippen molar-refractivity contribution < 1.29 is 9.18 Å². The number of halogens is 1. The number of benzene rings is 1. The first-order chi connectivity index (χ1) is 11.1. The molecule has 0 saturated carbocycles. The molecule has 1 aromatic heterocycles. The number of nitrogens with one attached hydrogen (secondary N) is 3. The van der Waals surface area contributed by atoms with Crippen LogP contribution in [0.2, 0.25) is 0 Å². The largest absolute Gasteiger partial charge is 0.352 e. The van der Waals surface area contributed by atoms with Gasteiger partial charge in [0.25, 0.3) is 0 Å². The summed E-state index contributed by atoms with van der Waals surface area (Å²) in [5.74, 6) is -0.127. The second kappa shape index (κ2) is 8.28. The molecule has 0 radical (unpaired) electrons. The normalized spacial score (nSPS) is 11.2. The fourth-order valence-corrected chi connectivity index (χ4v) is 2.75. The van der Waals surface area contributed by atoms with E-state index in [0.717, 1.165) is 0 Å². The second-order valence-electron chi connectivity index (χ2n) is 4.86. The zero-order chi connectivity index (χ0) is 16.7. The minimum atomic E-state index is -0.389. The lowest BCUT2D eigenvalue weighted by molar-refractivity contribution is -0.115. The number of aryl methyl sites for hydroxylation is 1. The lowest BCUT2D eigenvalue weighted by Crippen LogP contribution is -2.41. The minimum absolute atomic E-state index is 0.0413. The fraction of sp³-hybridized carbons (Fsp3) is 0.250. The standard InChI is InChI=1S/C16H19FN4OS/c1-11-6-7-23-14(11)9-19-16(18-2)20-10-15(22)21-13-5-3-4-12(17)8-13/h3-8H,9-10H2,1-2H3,(H,21,22)(H2,18,19,20). The third kappa shape index (κ3) is 5.37. The highest BCUT2D eigenvalue weighted by Gasteiger charge is 2.06. The van der Waals surface area contributed by atoms with Crippen LogP contribution in [0.4, 0.5) is 10.1 Å². The first-order valence-corrected chi connectivity index (χ1v) is 7.99. The summed E-state index contributed by atoms with van der Waals surface area (Å²) in [6.45, 7) is 2.74. The summed E-state index contributed by atoms with van der Waals surface area (Å²) >= 11 is 1.67. The minimum Gasteiger partial charge on any atom is -0.352 e. The van der Waals surface area contributed by atoms with Crippen molar-refractivity contribution >= 4 is 28.9 Å². The first kappa shape index (κ1) is 17.0. The molecule has 5 nitrogen and oxygen atoms in total. The van der Waals surface area contributed by atoms with E-state index in [2.05, 4.69) is 33.9 Å². The molecule has 1 amide bonds. The Kier molecular flexibility index (Phi) is 6.10. The molecule has 0 aliphatic heterocycles. The highest BCUT2D eigenvalue weighted by molar-refractivity contribution is 7.10. The maximum absolute atomic E-state index is 13.1. The zero-order valence-corrected chi connectivity index (χ0v) is 13.8. The molecule has 2 rings (SSSR count). The van der Waals surface area contributed by atoms with Crippen LogP contribution in [0.3, 0.4) is 0 Å². The summed E-state index contributed by atoms with van der Waals surface area (Å²) in [5, 5.41) is 10.7. The molecular weight excluding hydrogens is 315 g/mol. The van der Waals surface area contributed by atoms with Gasteiger partial charge in [0.05, 0.1) is 13.1 Å². The number of nitrogens with zero attached hydrogens (tertiary/aromatic N) is 1. The van der Waals surface area contributed by atoms with Gasteiger partial charge in [-0.2, -0.15) is 0 Å². The number of carbonyl (C=O) groups is 1. The van der Waals surface area contributed by atoms with E-state index in [4.69, 9.17) is 0 Å². The summed E-state index contributed by atoms with van der Waals surface area (Å²) in [5.41, 5.74) is 1.65. The van der Waals surface area contributed by atoms with E-state index in [0.29, 0.717) is 18.2 Å². The van der Waals surface area contributed by atoms with E-state index >= 15 is 0 Å². The summed E-state index contributed by atoms with van der Waals surface area (Å²) in [7, 11) is 1.64. The van der Waals surface area contributed by atoms with Gasteiger partial charge >= 0.3 is 0 Å². The van der Waals surface area contributed by atoms with Gasteiger partial charge < -0.3 is 16.0 Å². The number of aliphatic imine (C=N–C) groups is 1. The molecule has 3 N–H and O–H groups in total. The van der Waals surface area contributed by atoms with E-state index in [-0.39, 0.29) is 18.3 Å². The maximum atomic E-state index is 13.1. The van der Waals surface area contributed by atoms with E-state index in [1.54, 1.807) is 30.5 Å². The van der Waals surface area contributed by atoms with E-state index < -0.39 is 0 Å².